The Hall–Kier alpha value is -3.42. The van der Waals surface area contributed by atoms with Crippen molar-refractivity contribution in [2.45, 2.75) is 59.4 Å². The predicted molar refractivity (Wildman–Crippen MR) is 150 cm³/mol. The van der Waals surface area contributed by atoms with Crippen molar-refractivity contribution in [1.29, 1.82) is 0 Å². The van der Waals surface area contributed by atoms with Crippen molar-refractivity contribution >= 4 is 17.6 Å². The quantitative estimate of drug-likeness (QED) is 0.304. The van der Waals surface area contributed by atoms with Gasteiger partial charge in [0, 0.05) is 43.5 Å². The minimum atomic E-state index is -0.0545. The third kappa shape index (κ3) is 7.33. The van der Waals surface area contributed by atoms with Gasteiger partial charge in [0.1, 0.15) is 5.75 Å². The number of hydrogen-bond acceptors (Lipinski definition) is 5. The van der Waals surface area contributed by atoms with E-state index >= 15 is 0 Å². The molecular formula is C30H43N3O5. The van der Waals surface area contributed by atoms with Crippen LogP contribution >= 0.6 is 0 Å². The first-order valence-corrected chi connectivity index (χ1v) is 13.8. The van der Waals surface area contributed by atoms with Crippen LogP contribution in [-0.4, -0.2) is 68.7 Å². The molecule has 0 atom stereocenters. The number of nitrogens with zero attached hydrogens (tertiary/aromatic N) is 3. The zero-order valence-corrected chi connectivity index (χ0v) is 23.6. The number of carbonyl (C=O) groups is 2. The fourth-order valence-corrected chi connectivity index (χ4v) is 4.75. The zero-order chi connectivity index (χ0) is 27.5. The van der Waals surface area contributed by atoms with E-state index in [0.717, 1.165) is 42.5 Å². The summed E-state index contributed by atoms with van der Waals surface area (Å²) in [6.07, 6.45) is 4.39. The molecule has 1 saturated heterocycles. The SMILES string of the molecule is CCCCCOc1cc(N2CCCN(Cc3ccc(CC(=O)N(CC)CC)cc3OC)C2=O)ccc1OC. The van der Waals surface area contributed by atoms with Crippen molar-refractivity contribution in [3.8, 4) is 17.2 Å². The highest BCUT2D eigenvalue weighted by atomic mass is 16.5. The Bertz CT molecular complexity index is 1070. The minimum Gasteiger partial charge on any atom is -0.496 e. The minimum absolute atomic E-state index is 0.0545. The van der Waals surface area contributed by atoms with Crippen molar-refractivity contribution < 1.29 is 23.8 Å². The maximum Gasteiger partial charge on any atom is 0.324 e. The van der Waals surface area contributed by atoms with E-state index in [2.05, 4.69) is 6.92 Å². The number of methoxy groups -OCH3 is 2. The molecule has 0 radical (unpaired) electrons. The van der Waals surface area contributed by atoms with Crippen LogP contribution in [0.3, 0.4) is 0 Å². The largest absolute Gasteiger partial charge is 0.496 e. The van der Waals surface area contributed by atoms with Crippen LogP contribution in [0.25, 0.3) is 0 Å². The monoisotopic (exact) mass is 525 g/mol. The fourth-order valence-electron chi connectivity index (χ4n) is 4.75. The lowest BCUT2D eigenvalue weighted by molar-refractivity contribution is -0.130. The molecule has 0 aliphatic carbocycles. The average molecular weight is 526 g/mol. The molecule has 8 heteroatoms. The number of urea groups is 1. The molecule has 3 amide bonds. The Morgan fingerprint density at radius 2 is 1.68 bits per heavy atom. The van der Waals surface area contributed by atoms with Crippen molar-refractivity contribution in [2.75, 3.05) is 51.9 Å². The average Bonchev–Trinajstić information content (AvgIpc) is 2.93. The first-order chi connectivity index (χ1) is 18.4. The molecule has 3 rings (SSSR count). The Kier molecular flexibility index (Phi) is 11.1. The number of hydrogen-bond donors (Lipinski definition) is 0. The summed E-state index contributed by atoms with van der Waals surface area (Å²) in [6.45, 7) is 9.86. The molecule has 8 nitrogen and oxygen atoms in total. The highest BCUT2D eigenvalue weighted by Gasteiger charge is 2.28. The van der Waals surface area contributed by atoms with Gasteiger partial charge in [0.2, 0.25) is 5.91 Å². The normalized spacial score (nSPS) is 13.4. The van der Waals surface area contributed by atoms with E-state index in [1.807, 2.05) is 60.0 Å². The lowest BCUT2D eigenvalue weighted by Crippen LogP contribution is -2.49. The summed E-state index contributed by atoms with van der Waals surface area (Å²) >= 11 is 0. The van der Waals surface area contributed by atoms with Gasteiger partial charge < -0.3 is 24.0 Å². The van der Waals surface area contributed by atoms with Gasteiger partial charge >= 0.3 is 6.03 Å². The van der Waals surface area contributed by atoms with Gasteiger partial charge in [-0.2, -0.15) is 0 Å². The second-order valence-corrected chi connectivity index (χ2v) is 9.49. The number of rotatable bonds is 14. The second kappa shape index (κ2) is 14.5. The second-order valence-electron chi connectivity index (χ2n) is 9.49. The Labute approximate surface area is 227 Å². The maximum atomic E-state index is 13.5. The number of carbonyl (C=O) groups excluding carboxylic acids is 2. The van der Waals surface area contributed by atoms with Crippen molar-refractivity contribution in [1.82, 2.24) is 9.80 Å². The van der Waals surface area contributed by atoms with Crippen LogP contribution in [-0.2, 0) is 17.8 Å². The molecule has 1 aliphatic rings. The van der Waals surface area contributed by atoms with Crippen LogP contribution in [0.5, 0.6) is 17.2 Å². The fraction of sp³-hybridized carbons (Fsp3) is 0.533. The Balaban J connectivity index is 1.73. The van der Waals surface area contributed by atoms with Gasteiger partial charge in [-0.3, -0.25) is 9.69 Å². The number of amides is 3. The molecule has 208 valence electrons. The van der Waals surface area contributed by atoms with E-state index in [1.54, 1.807) is 19.1 Å². The van der Waals surface area contributed by atoms with Crippen molar-refractivity contribution in [3.05, 3.63) is 47.5 Å². The van der Waals surface area contributed by atoms with E-state index < -0.39 is 0 Å². The van der Waals surface area contributed by atoms with Crippen LogP contribution in [0, 0.1) is 0 Å². The number of anilines is 1. The molecule has 0 spiro atoms. The van der Waals surface area contributed by atoms with E-state index in [1.165, 1.54) is 0 Å². The molecule has 0 aromatic heterocycles. The Morgan fingerprint density at radius 3 is 2.37 bits per heavy atom. The molecule has 1 heterocycles. The van der Waals surface area contributed by atoms with E-state index in [9.17, 15) is 9.59 Å². The van der Waals surface area contributed by atoms with Crippen LogP contribution in [0.1, 0.15) is 57.6 Å². The molecule has 38 heavy (non-hydrogen) atoms. The summed E-state index contributed by atoms with van der Waals surface area (Å²) in [5, 5.41) is 0. The van der Waals surface area contributed by atoms with Crippen molar-refractivity contribution in [3.63, 3.8) is 0 Å². The molecular weight excluding hydrogens is 482 g/mol. The number of unbranched alkanes of at least 4 members (excludes halogenated alkanes) is 2. The molecule has 0 unspecified atom stereocenters. The standard InChI is InChI=1S/C30H43N3O5/c1-6-9-10-18-38-28-21-25(14-15-26(28)36-4)33-17-11-16-32(30(33)35)22-24-13-12-23(19-27(24)37-5)20-29(34)31(7-2)8-3/h12-15,19,21H,6-11,16-18,20,22H2,1-5H3. The van der Waals surface area contributed by atoms with E-state index in [-0.39, 0.29) is 11.9 Å². The topological polar surface area (TPSA) is 71.5 Å². The third-order valence-corrected chi connectivity index (χ3v) is 6.96. The van der Waals surface area contributed by atoms with Gasteiger partial charge in [0.25, 0.3) is 0 Å². The Morgan fingerprint density at radius 1 is 0.921 bits per heavy atom. The summed E-state index contributed by atoms with van der Waals surface area (Å²) in [5.41, 5.74) is 2.61. The smallest absolute Gasteiger partial charge is 0.324 e. The summed E-state index contributed by atoms with van der Waals surface area (Å²) in [4.78, 5) is 31.5. The van der Waals surface area contributed by atoms with Crippen LogP contribution in [0.2, 0.25) is 0 Å². The molecule has 1 aliphatic heterocycles. The number of benzene rings is 2. The molecule has 1 fully saturated rings. The number of likely N-dealkylation sites (N-methyl/N-ethyl adjacent to an activating group) is 1. The van der Waals surface area contributed by atoms with Gasteiger partial charge in [-0.05, 0) is 50.5 Å². The summed E-state index contributed by atoms with van der Waals surface area (Å²) < 4.78 is 17.1. The van der Waals surface area contributed by atoms with Gasteiger partial charge in [-0.15, -0.1) is 0 Å². The van der Waals surface area contributed by atoms with Crippen LogP contribution in [0.15, 0.2) is 36.4 Å². The molecule has 0 N–H and O–H groups in total. The molecule has 0 saturated carbocycles. The first-order valence-electron chi connectivity index (χ1n) is 13.8. The van der Waals surface area contributed by atoms with Gasteiger partial charge in [0.05, 0.1) is 33.8 Å². The lowest BCUT2D eigenvalue weighted by Gasteiger charge is -2.36. The first kappa shape index (κ1) is 29.1. The van der Waals surface area contributed by atoms with Gasteiger partial charge in [0.15, 0.2) is 11.5 Å². The third-order valence-electron chi connectivity index (χ3n) is 6.96. The highest BCUT2D eigenvalue weighted by Crippen LogP contribution is 2.34. The van der Waals surface area contributed by atoms with Crippen molar-refractivity contribution in [2.24, 2.45) is 0 Å². The molecule has 2 aromatic rings. The van der Waals surface area contributed by atoms with Crippen LogP contribution < -0.4 is 19.1 Å². The predicted octanol–water partition coefficient (Wildman–Crippen LogP) is 5.52. The zero-order valence-electron chi connectivity index (χ0n) is 23.6. The summed E-state index contributed by atoms with van der Waals surface area (Å²) in [5.74, 6) is 2.10. The van der Waals surface area contributed by atoms with Crippen LogP contribution in [0.4, 0.5) is 10.5 Å². The van der Waals surface area contributed by atoms with Gasteiger partial charge in [-0.1, -0.05) is 31.9 Å². The van der Waals surface area contributed by atoms with Gasteiger partial charge in [-0.25, -0.2) is 4.79 Å². The summed E-state index contributed by atoms with van der Waals surface area (Å²) in [7, 11) is 3.25. The number of ether oxygens (including phenoxy) is 3. The molecule has 2 aromatic carbocycles. The lowest BCUT2D eigenvalue weighted by atomic mass is 10.1. The highest BCUT2D eigenvalue weighted by molar-refractivity contribution is 5.93. The van der Waals surface area contributed by atoms with E-state index in [0.29, 0.717) is 63.0 Å². The van der Waals surface area contributed by atoms with E-state index in [4.69, 9.17) is 14.2 Å². The summed E-state index contributed by atoms with van der Waals surface area (Å²) in [6, 6.07) is 11.4. The maximum absolute atomic E-state index is 13.5. The molecule has 0 bridgehead atoms.